The first-order valence-electron chi connectivity index (χ1n) is 8.02. The molecule has 1 saturated heterocycles. The lowest BCUT2D eigenvalue weighted by Crippen LogP contribution is -2.29. The van der Waals surface area contributed by atoms with Crippen molar-refractivity contribution in [2.24, 2.45) is 0 Å². The molecule has 1 aromatic carbocycles. The summed E-state index contributed by atoms with van der Waals surface area (Å²) in [5.74, 6) is 0.405. The van der Waals surface area contributed by atoms with Gasteiger partial charge in [-0.1, -0.05) is 12.1 Å². The maximum Gasteiger partial charge on any atom is 0.270 e. The van der Waals surface area contributed by atoms with Crippen LogP contribution in [0.1, 0.15) is 24.5 Å². The summed E-state index contributed by atoms with van der Waals surface area (Å²) < 4.78 is 1.87. The van der Waals surface area contributed by atoms with Crippen LogP contribution < -0.4 is 5.32 Å². The zero-order valence-corrected chi connectivity index (χ0v) is 13.1. The number of fused-ring (bicyclic) bond motifs is 1. The predicted octanol–water partition coefficient (Wildman–Crippen LogP) is 2.77. The van der Waals surface area contributed by atoms with Crippen LogP contribution in [-0.2, 0) is 0 Å². The molecule has 1 unspecified atom stereocenters. The van der Waals surface area contributed by atoms with E-state index in [1.807, 2.05) is 16.6 Å². The standard InChI is InChI=1S/C17H17N5O2/c23-22(24)14-5-1-3-12(9-14)15-11-20-21-16(6-8-19-17(15)21)13-4-2-7-18-10-13/h1,3,5-6,8-9,11,13,18H,2,4,7,10H2. The minimum Gasteiger partial charge on any atom is -0.316 e. The molecule has 1 aliphatic heterocycles. The molecule has 0 spiro atoms. The zero-order valence-electron chi connectivity index (χ0n) is 13.1. The van der Waals surface area contributed by atoms with Gasteiger partial charge in [0.1, 0.15) is 0 Å². The van der Waals surface area contributed by atoms with Crippen LogP contribution in [0.15, 0.2) is 42.7 Å². The Bertz CT molecular complexity index is 899. The average molecular weight is 323 g/mol. The largest absolute Gasteiger partial charge is 0.316 e. The fourth-order valence-corrected chi connectivity index (χ4v) is 3.31. The summed E-state index contributed by atoms with van der Waals surface area (Å²) in [7, 11) is 0. The molecule has 0 radical (unpaired) electrons. The van der Waals surface area contributed by atoms with Crippen molar-refractivity contribution in [2.45, 2.75) is 18.8 Å². The van der Waals surface area contributed by atoms with Gasteiger partial charge in [0.05, 0.1) is 16.8 Å². The molecule has 1 N–H and O–H groups in total. The molecule has 0 bridgehead atoms. The fourth-order valence-electron chi connectivity index (χ4n) is 3.31. The summed E-state index contributed by atoms with van der Waals surface area (Å²) in [6.07, 6.45) is 5.80. The van der Waals surface area contributed by atoms with Crippen LogP contribution in [0.4, 0.5) is 5.69 Å². The highest BCUT2D eigenvalue weighted by molar-refractivity contribution is 5.78. The van der Waals surface area contributed by atoms with Crippen molar-refractivity contribution >= 4 is 11.3 Å². The van der Waals surface area contributed by atoms with Crippen molar-refractivity contribution in [3.63, 3.8) is 0 Å². The Hall–Kier alpha value is -2.80. The van der Waals surface area contributed by atoms with Crippen LogP contribution in [0.3, 0.4) is 0 Å². The van der Waals surface area contributed by atoms with Crippen LogP contribution in [0.5, 0.6) is 0 Å². The number of benzene rings is 1. The molecule has 3 heterocycles. The van der Waals surface area contributed by atoms with Gasteiger partial charge in [0.25, 0.3) is 5.69 Å². The van der Waals surface area contributed by atoms with E-state index in [4.69, 9.17) is 0 Å². The number of hydrogen-bond acceptors (Lipinski definition) is 5. The second-order valence-corrected chi connectivity index (χ2v) is 6.01. The highest BCUT2D eigenvalue weighted by atomic mass is 16.6. The highest BCUT2D eigenvalue weighted by Gasteiger charge is 2.20. The second kappa shape index (κ2) is 6.01. The number of nitrogens with one attached hydrogen (secondary N) is 1. The average Bonchev–Trinajstić information content (AvgIpc) is 3.06. The first-order chi connectivity index (χ1) is 11.7. The Morgan fingerprint density at radius 1 is 1.33 bits per heavy atom. The maximum absolute atomic E-state index is 11.0. The molecule has 2 aromatic heterocycles. The van der Waals surface area contributed by atoms with Gasteiger partial charge < -0.3 is 5.32 Å². The summed E-state index contributed by atoms with van der Waals surface area (Å²) >= 11 is 0. The molecule has 24 heavy (non-hydrogen) atoms. The molecule has 1 atom stereocenters. The van der Waals surface area contributed by atoms with E-state index >= 15 is 0 Å². The molecule has 0 saturated carbocycles. The molecule has 0 aliphatic carbocycles. The Kier molecular flexibility index (Phi) is 3.70. The minimum atomic E-state index is -0.387. The van der Waals surface area contributed by atoms with Crippen LogP contribution in [-0.4, -0.2) is 32.6 Å². The third-order valence-corrected chi connectivity index (χ3v) is 4.51. The Labute approximate surface area is 138 Å². The molecular weight excluding hydrogens is 306 g/mol. The molecule has 7 nitrogen and oxygen atoms in total. The van der Waals surface area contributed by atoms with Crippen LogP contribution in [0.25, 0.3) is 16.8 Å². The van der Waals surface area contributed by atoms with Gasteiger partial charge >= 0.3 is 0 Å². The molecular formula is C17H17N5O2. The SMILES string of the molecule is O=[N+]([O-])c1cccc(-c2cnn3c(C4CCCNC4)ccnc23)c1. The zero-order chi connectivity index (χ0) is 16.5. The fraction of sp³-hybridized carbons (Fsp3) is 0.294. The van der Waals surface area contributed by atoms with E-state index in [0.29, 0.717) is 5.92 Å². The van der Waals surface area contributed by atoms with Crippen molar-refractivity contribution in [3.8, 4) is 11.1 Å². The lowest BCUT2D eigenvalue weighted by atomic mass is 9.96. The Morgan fingerprint density at radius 2 is 2.25 bits per heavy atom. The third-order valence-electron chi connectivity index (χ3n) is 4.51. The molecule has 0 amide bonds. The van der Waals surface area contributed by atoms with Gasteiger partial charge in [-0.3, -0.25) is 10.1 Å². The van der Waals surface area contributed by atoms with E-state index in [1.165, 1.54) is 6.07 Å². The van der Waals surface area contributed by atoms with E-state index in [-0.39, 0.29) is 10.6 Å². The summed E-state index contributed by atoms with van der Waals surface area (Å²) in [5, 5.41) is 18.9. The van der Waals surface area contributed by atoms with E-state index in [2.05, 4.69) is 15.4 Å². The Balaban J connectivity index is 1.81. The lowest BCUT2D eigenvalue weighted by Gasteiger charge is -2.23. The van der Waals surface area contributed by atoms with E-state index < -0.39 is 0 Å². The molecule has 1 fully saturated rings. The van der Waals surface area contributed by atoms with Crippen molar-refractivity contribution < 1.29 is 4.92 Å². The first-order valence-corrected chi connectivity index (χ1v) is 8.02. The smallest absolute Gasteiger partial charge is 0.270 e. The maximum atomic E-state index is 11.0. The number of nitro groups is 1. The van der Waals surface area contributed by atoms with Crippen molar-refractivity contribution in [2.75, 3.05) is 13.1 Å². The van der Waals surface area contributed by atoms with E-state index in [0.717, 1.165) is 48.4 Å². The lowest BCUT2D eigenvalue weighted by molar-refractivity contribution is -0.384. The van der Waals surface area contributed by atoms with Gasteiger partial charge in [-0.25, -0.2) is 9.50 Å². The van der Waals surface area contributed by atoms with Crippen LogP contribution in [0, 0.1) is 10.1 Å². The topological polar surface area (TPSA) is 85.4 Å². The third kappa shape index (κ3) is 2.52. The number of piperidine rings is 1. The summed E-state index contributed by atoms with van der Waals surface area (Å²) in [6.45, 7) is 1.99. The molecule has 4 rings (SSSR count). The Morgan fingerprint density at radius 3 is 3.04 bits per heavy atom. The monoisotopic (exact) mass is 323 g/mol. The van der Waals surface area contributed by atoms with Gasteiger partial charge in [-0.2, -0.15) is 5.10 Å². The van der Waals surface area contributed by atoms with Crippen LogP contribution in [0.2, 0.25) is 0 Å². The van der Waals surface area contributed by atoms with Gasteiger partial charge in [0.15, 0.2) is 5.65 Å². The number of nitro benzene ring substituents is 1. The van der Waals surface area contributed by atoms with Gasteiger partial charge in [-0.15, -0.1) is 0 Å². The predicted molar refractivity (Wildman–Crippen MR) is 89.9 cm³/mol. The minimum absolute atomic E-state index is 0.0690. The quantitative estimate of drug-likeness (QED) is 0.592. The number of rotatable bonds is 3. The van der Waals surface area contributed by atoms with Gasteiger partial charge in [0.2, 0.25) is 0 Å². The van der Waals surface area contributed by atoms with Crippen molar-refractivity contribution in [1.82, 2.24) is 19.9 Å². The summed E-state index contributed by atoms with van der Waals surface area (Å²) in [6, 6.07) is 8.59. The number of hydrogen-bond donors (Lipinski definition) is 1. The molecule has 7 heteroatoms. The first kappa shape index (κ1) is 14.8. The van der Waals surface area contributed by atoms with E-state index in [1.54, 1.807) is 24.5 Å². The normalized spacial score (nSPS) is 17.9. The second-order valence-electron chi connectivity index (χ2n) is 6.01. The molecule has 1 aliphatic rings. The van der Waals surface area contributed by atoms with Gasteiger partial charge in [0, 0.05) is 36.4 Å². The number of non-ortho nitro benzene ring substituents is 1. The van der Waals surface area contributed by atoms with Crippen molar-refractivity contribution in [3.05, 3.63) is 58.5 Å². The van der Waals surface area contributed by atoms with Crippen molar-refractivity contribution in [1.29, 1.82) is 0 Å². The molecule has 3 aromatic rings. The van der Waals surface area contributed by atoms with Gasteiger partial charge in [-0.05, 0) is 31.0 Å². The number of aromatic nitrogens is 3. The number of nitrogens with zero attached hydrogens (tertiary/aromatic N) is 4. The highest BCUT2D eigenvalue weighted by Crippen LogP contribution is 2.29. The van der Waals surface area contributed by atoms with Crippen LogP contribution >= 0.6 is 0 Å². The molecule has 122 valence electrons. The van der Waals surface area contributed by atoms with E-state index in [9.17, 15) is 10.1 Å². The summed E-state index contributed by atoms with van der Waals surface area (Å²) in [4.78, 5) is 15.1. The summed E-state index contributed by atoms with van der Waals surface area (Å²) in [5.41, 5.74) is 3.50.